The fourth-order valence-electron chi connectivity index (χ4n) is 4.07. The maximum atomic E-state index is 13.3. The average molecular weight is 397 g/mol. The SMILES string of the molecule is CCOCCn1c(=O)c2c(nc3n2CC(C)CN3c2ccccc2C)n(C)c1=O. The lowest BCUT2D eigenvalue weighted by Gasteiger charge is -2.33. The van der Waals surface area contributed by atoms with Crippen LogP contribution in [0.2, 0.25) is 0 Å². The third kappa shape index (κ3) is 3.17. The van der Waals surface area contributed by atoms with Gasteiger partial charge in [0.2, 0.25) is 5.95 Å². The van der Waals surface area contributed by atoms with Crippen LogP contribution in [-0.2, 0) is 24.9 Å². The predicted molar refractivity (Wildman–Crippen MR) is 113 cm³/mol. The van der Waals surface area contributed by atoms with Crippen molar-refractivity contribution in [3.63, 3.8) is 0 Å². The molecule has 0 N–H and O–H groups in total. The molecule has 2 aromatic heterocycles. The molecule has 1 aliphatic heterocycles. The number of nitrogens with zero attached hydrogens (tertiary/aromatic N) is 5. The molecule has 154 valence electrons. The van der Waals surface area contributed by atoms with Gasteiger partial charge >= 0.3 is 5.69 Å². The number of imidazole rings is 1. The maximum absolute atomic E-state index is 13.3. The normalized spacial score (nSPS) is 16.4. The molecule has 1 aromatic carbocycles. The minimum absolute atomic E-state index is 0.229. The summed E-state index contributed by atoms with van der Waals surface area (Å²) in [5, 5.41) is 0. The summed E-state index contributed by atoms with van der Waals surface area (Å²) in [4.78, 5) is 33.0. The Morgan fingerprint density at radius 1 is 1.21 bits per heavy atom. The van der Waals surface area contributed by atoms with Crippen LogP contribution in [0.25, 0.3) is 11.2 Å². The lowest BCUT2D eigenvalue weighted by Crippen LogP contribution is -2.41. The molecule has 29 heavy (non-hydrogen) atoms. The summed E-state index contributed by atoms with van der Waals surface area (Å²) in [5.74, 6) is 1.04. The fourth-order valence-corrected chi connectivity index (χ4v) is 4.07. The topological polar surface area (TPSA) is 74.3 Å². The quantitative estimate of drug-likeness (QED) is 0.616. The van der Waals surface area contributed by atoms with E-state index in [0.29, 0.717) is 42.8 Å². The van der Waals surface area contributed by atoms with Crippen LogP contribution in [0, 0.1) is 12.8 Å². The minimum atomic E-state index is -0.367. The summed E-state index contributed by atoms with van der Waals surface area (Å²) < 4.78 is 10.0. The summed E-state index contributed by atoms with van der Waals surface area (Å²) in [5.41, 5.74) is 2.44. The van der Waals surface area contributed by atoms with E-state index >= 15 is 0 Å². The summed E-state index contributed by atoms with van der Waals surface area (Å²) in [7, 11) is 1.67. The van der Waals surface area contributed by atoms with Gasteiger partial charge < -0.3 is 14.2 Å². The first-order chi connectivity index (χ1) is 13.9. The Bertz CT molecular complexity index is 1170. The molecule has 1 aliphatic rings. The molecule has 8 heteroatoms. The number of rotatable bonds is 5. The number of para-hydroxylation sites is 1. The fraction of sp³-hybridized carbons (Fsp3) is 0.476. The van der Waals surface area contributed by atoms with Gasteiger partial charge in [0.1, 0.15) is 0 Å². The largest absolute Gasteiger partial charge is 0.380 e. The van der Waals surface area contributed by atoms with E-state index in [0.717, 1.165) is 17.8 Å². The molecule has 0 saturated carbocycles. The lowest BCUT2D eigenvalue weighted by molar-refractivity contribution is 0.137. The molecular formula is C21H27N5O3. The van der Waals surface area contributed by atoms with Crippen molar-refractivity contribution in [3.05, 3.63) is 50.7 Å². The van der Waals surface area contributed by atoms with Crippen LogP contribution in [0.3, 0.4) is 0 Å². The third-order valence-electron chi connectivity index (χ3n) is 5.51. The smallest absolute Gasteiger partial charge is 0.332 e. The molecule has 0 radical (unpaired) electrons. The minimum Gasteiger partial charge on any atom is -0.380 e. The third-order valence-corrected chi connectivity index (χ3v) is 5.51. The number of aryl methyl sites for hydroxylation is 2. The van der Waals surface area contributed by atoms with Crippen LogP contribution in [0.5, 0.6) is 0 Å². The molecular weight excluding hydrogens is 370 g/mol. The number of hydrogen-bond acceptors (Lipinski definition) is 5. The van der Waals surface area contributed by atoms with Crippen LogP contribution >= 0.6 is 0 Å². The Balaban J connectivity index is 1.94. The van der Waals surface area contributed by atoms with Gasteiger partial charge in [-0.1, -0.05) is 25.1 Å². The van der Waals surface area contributed by atoms with Gasteiger partial charge in [-0.25, -0.2) is 4.79 Å². The molecule has 1 unspecified atom stereocenters. The van der Waals surface area contributed by atoms with Gasteiger partial charge in [-0.15, -0.1) is 0 Å². The Kier molecular flexibility index (Phi) is 5.04. The highest BCUT2D eigenvalue weighted by molar-refractivity contribution is 5.77. The van der Waals surface area contributed by atoms with Crippen molar-refractivity contribution in [1.82, 2.24) is 18.7 Å². The average Bonchev–Trinajstić information content (AvgIpc) is 3.08. The van der Waals surface area contributed by atoms with Gasteiger partial charge in [0.05, 0.1) is 13.2 Å². The van der Waals surface area contributed by atoms with E-state index in [1.165, 1.54) is 9.13 Å². The van der Waals surface area contributed by atoms with E-state index in [1.54, 1.807) is 7.05 Å². The number of anilines is 2. The molecule has 0 fully saturated rings. The first kappa shape index (κ1) is 19.4. The number of aromatic nitrogens is 4. The van der Waals surface area contributed by atoms with Crippen LogP contribution in [0.4, 0.5) is 11.6 Å². The van der Waals surface area contributed by atoms with Gasteiger partial charge in [0, 0.05) is 32.4 Å². The molecule has 0 bridgehead atoms. The standard InChI is InChI=1S/C21H27N5O3/c1-5-29-11-10-24-19(27)17-18(23(4)21(24)28)22-20-25(12-14(2)13-26(17)20)16-9-7-6-8-15(16)3/h6-9,14H,5,10-13H2,1-4H3. The highest BCUT2D eigenvalue weighted by atomic mass is 16.5. The zero-order chi connectivity index (χ0) is 20.7. The Morgan fingerprint density at radius 3 is 2.69 bits per heavy atom. The van der Waals surface area contributed by atoms with Crippen molar-refractivity contribution < 1.29 is 4.74 Å². The van der Waals surface area contributed by atoms with E-state index in [9.17, 15) is 9.59 Å². The van der Waals surface area contributed by atoms with Gasteiger partial charge in [0.25, 0.3) is 5.56 Å². The van der Waals surface area contributed by atoms with Crippen molar-refractivity contribution in [2.45, 2.75) is 33.9 Å². The molecule has 8 nitrogen and oxygen atoms in total. The maximum Gasteiger partial charge on any atom is 0.332 e. The zero-order valence-electron chi connectivity index (χ0n) is 17.4. The van der Waals surface area contributed by atoms with E-state index in [4.69, 9.17) is 9.72 Å². The summed E-state index contributed by atoms with van der Waals surface area (Å²) in [6.45, 7) is 8.71. The monoisotopic (exact) mass is 397 g/mol. The second-order valence-electron chi connectivity index (χ2n) is 7.69. The molecule has 0 spiro atoms. The number of hydrogen-bond donors (Lipinski definition) is 0. The molecule has 1 atom stereocenters. The lowest BCUT2D eigenvalue weighted by atomic mass is 10.1. The van der Waals surface area contributed by atoms with Crippen molar-refractivity contribution in [2.75, 3.05) is 24.7 Å². The zero-order valence-corrected chi connectivity index (χ0v) is 17.4. The molecule has 0 aliphatic carbocycles. The molecule has 3 aromatic rings. The second kappa shape index (κ2) is 7.51. The predicted octanol–water partition coefficient (Wildman–Crippen LogP) is 2.03. The summed E-state index contributed by atoms with van der Waals surface area (Å²) in [6.07, 6.45) is 0. The molecule has 3 heterocycles. The second-order valence-corrected chi connectivity index (χ2v) is 7.69. The number of fused-ring (bicyclic) bond motifs is 3. The highest BCUT2D eigenvalue weighted by Crippen LogP contribution is 2.34. The Morgan fingerprint density at radius 2 is 1.97 bits per heavy atom. The van der Waals surface area contributed by atoms with Crippen LogP contribution in [-0.4, -0.2) is 38.4 Å². The van der Waals surface area contributed by atoms with E-state index in [-0.39, 0.29) is 17.8 Å². The van der Waals surface area contributed by atoms with Crippen molar-refractivity contribution >= 4 is 22.8 Å². The van der Waals surface area contributed by atoms with Crippen molar-refractivity contribution in [2.24, 2.45) is 13.0 Å². The van der Waals surface area contributed by atoms with Gasteiger partial charge in [0.15, 0.2) is 11.2 Å². The highest BCUT2D eigenvalue weighted by Gasteiger charge is 2.30. The molecule has 4 rings (SSSR count). The van der Waals surface area contributed by atoms with E-state index in [1.807, 2.05) is 23.6 Å². The van der Waals surface area contributed by atoms with E-state index < -0.39 is 0 Å². The van der Waals surface area contributed by atoms with Gasteiger partial charge in [-0.2, -0.15) is 4.98 Å². The summed E-state index contributed by atoms with van der Waals surface area (Å²) in [6, 6.07) is 8.15. The Hall–Kier alpha value is -2.87. The van der Waals surface area contributed by atoms with Crippen LogP contribution in [0.15, 0.2) is 33.9 Å². The van der Waals surface area contributed by atoms with Crippen LogP contribution in [0.1, 0.15) is 19.4 Å². The van der Waals surface area contributed by atoms with Gasteiger partial charge in [-0.3, -0.25) is 13.9 Å². The summed E-state index contributed by atoms with van der Waals surface area (Å²) >= 11 is 0. The van der Waals surface area contributed by atoms with Crippen molar-refractivity contribution in [1.29, 1.82) is 0 Å². The van der Waals surface area contributed by atoms with E-state index in [2.05, 4.69) is 30.9 Å². The number of ether oxygens (including phenoxy) is 1. The first-order valence-corrected chi connectivity index (χ1v) is 10.0. The molecule has 0 saturated heterocycles. The van der Waals surface area contributed by atoms with Gasteiger partial charge in [-0.05, 0) is 31.4 Å². The number of benzene rings is 1. The van der Waals surface area contributed by atoms with Crippen LogP contribution < -0.4 is 16.1 Å². The first-order valence-electron chi connectivity index (χ1n) is 10.0. The Labute approximate surface area is 169 Å². The van der Waals surface area contributed by atoms with Crippen molar-refractivity contribution in [3.8, 4) is 0 Å². The molecule has 0 amide bonds.